The third-order valence-electron chi connectivity index (χ3n) is 3.55. The van der Waals surface area contributed by atoms with Gasteiger partial charge in [-0.25, -0.2) is 12.7 Å². The number of nitrogens with one attached hydrogen (secondary N) is 1. The van der Waals surface area contributed by atoms with Gasteiger partial charge in [-0.1, -0.05) is 0 Å². The lowest BCUT2D eigenvalue weighted by Gasteiger charge is -2.32. The van der Waals surface area contributed by atoms with Crippen LogP contribution in [0.25, 0.3) is 0 Å². The molecule has 2 aliphatic rings. The summed E-state index contributed by atoms with van der Waals surface area (Å²) in [4.78, 5) is 2.42. The van der Waals surface area contributed by atoms with Crippen LogP contribution in [-0.4, -0.2) is 68.7 Å². The predicted molar refractivity (Wildman–Crippen MR) is 71.1 cm³/mol. The highest BCUT2D eigenvalue weighted by atomic mass is 35.5. The molecular formula is C10H22ClN3O2S. The lowest BCUT2D eigenvalue weighted by molar-refractivity contribution is 0.179. The molecule has 7 heteroatoms. The van der Waals surface area contributed by atoms with Crippen molar-refractivity contribution in [3.05, 3.63) is 0 Å². The molecule has 1 atom stereocenters. The molecule has 2 heterocycles. The van der Waals surface area contributed by atoms with E-state index in [1.165, 1.54) is 0 Å². The third kappa shape index (κ3) is 3.54. The SMILES string of the molecule is CCS(=O)(=O)N1CCC(N2CCNCC2)C1.Cl. The average molecular weight is 284 g/mol. The Balaban J connectivity index is 0.00000144. The van der Waals surface area contributed by atoms with Crippen molar-refractivity contribution in [2.75, 3.05) is 45.0 Å². The summed E-state index contributed by atoms with van der Waals surface area (Å²) >= 11 is 0. The zero-order valence-corrected chi connectivity index (χ0v) is 11.9. The highest BCUT2D eigenvalue weighted by Gasteiger charge is 2.33. The topological polar surface area (TPSA) is 52.7 Å². The van der Waals surface area contributed by atoms with Gasteiger partial charge in [-0.05, 0) is 13.3 Å². The Morgan fingerprint density at radius 1 is 1.24 bits per heavy atom. The summed E-state index contributed by atoms with van der Waals surface area (Å²) in [5, 5.41) is 3.32. The van der Waals surface area contributed by atoms with Crippen LogP contribution < -0.4 is 5.32 Å². The van der Waals surface area contributed by atoms with Gasteiger partial charge in [0.2, 0.25) is 10.0 Å². The first-order valence-electron chi connectivity index (χ1n) is 6.06. The number of nitrogens with zero attached hydrogens (tertiary/aromatic N) is 2. The summed E-state index contributed by atoms with van der Waals surface area (Å²) < 4.78 is 25.1. The first-order valence-corrected chi connectivity index (χ1v) is 7.67. The van der Waals surface area contributed by atoms with E-state index in [4.69, 9.17) is 0 Å². The fraction of sp³-hybridized carbons (Fsp3) is 1.00. The molecule has 0 saturated carbocycles. The highest BCUT2D eigenvalue weighted by Crippen LogP contribution is 2.19. The molecule has 0 spiro atoms. The summed E-state index contributed by atoms with van der Waals surface area (Å²) in [6, 6.07) is 0.434. The maximum atomic E-state index is 11.7. The van der Waals surface area contributed by atoms with Gasteiger partial charge in [0.05, 0.1) is 5.75 Å². The Morgan fingerprint density at radius 3 is 2.47 bits per heavy atom. The van der Waals surface area contributed by atoms with E-state index in [0.29, 0.717) is 19.1 Å². The standard InChI is InChI=1S/C10H21N3O2S.ClH/c1-2-16(14,15)13-6-3-10(9-13)12-7-4-11-5-8-12;/h10-11H,2-9H2,1H3;1H. The van der Waals surface area contributed by atoms with Gasteiger partial charge in [0.25, 0.3) is 0 Å². The number of sulfonamides is 1. The normalized spacial score (nSPS) is 27.9. The Hall–Kier alpha value is 0.120. The van der Waals surface area contributed by atoms with Gasteiger partial charge in [0.1, 0.15) is 0 Å². The van der Waals surface area contributed by atoms with Crippen LogP contribution in [-0.2, 0) is 10.0 Å². The van der Waals surface area contributed by atoms with Crippen LogP contribution in [0.3, 0.4) is 0 Å². The lowest BCUT2D eigenvalue weighted by Crippen LogP contribution is -2.49. The summed E-state index contributed by atoms with van der Waals surface area (Å²) in [5.41, 5.74) is 0. The minimum absolute atomic E-state index is 0. The smallest absolute Gasteiger partial charge is 0.213 e. The highest BCUT2D eigenvalue weighted by molar-refractivity contribution is 7.89. The molecule has 17 heavy (non-hydrogen) atoms. The second kappa shape index (κ2) is 6.33. The lowest BCUT2D eigenvalue weighted by atomic mass is 10.2. The van der Waals surface area contributed by atoms with E-state index < -0.39 is 10.0 Å². The molecule has 2 aliphatic heterocycles. The Morgan fingerprint density at radius 2 is 1.88 bits per heavy atom. The summed E-state index contributed by atoms with van der Waals surface area (Å²) in [7, 11) is -2.98. The number of rotatable bonds is 3. The van der Waals surface area contributed by atoms with Gasteiger partial charge >= 0.3 is 0 Å². The zero-order chi connectivity index (χ0) is 11.6. The quantitative estimate of drug-likeness (QED) is 0.775. The largest absolute Gasteiger partial charge is 0.314 e. The second-order valence-corrected chi connectivity index (χ2v) is 6.74. The fourth-order valence-corrected chi connectivity index (χ4v) is 3.64. The molecule has 0 aromatic rings. The molecule has 1 N–H and O–H groups in total. The zero-order valence-electron chi connectivity index (χ0n) is 10.3. The Bertz CT molecular complexity index is 330. The minimum atomic E-state index is -2.98. The van der Waals surface area contributed by atoms with Crippen molar-refractivity contribution in [3.63, 3.8) is 0 Å². The molecule has 0 aliphatic carbocycles. The van der Waals surface area contributed by atoms with Crippen molar-refractivity contribution in [1.29, 1.82) is 0 Å². The number of hydrogen-bond donors (Lipinski definition) is 1. The van der Waals surface area contributed by atoms with Crippen molar-refractivity contribution < 1.29 is 8.42 Å². The maximum Gasteiger partial charge on any atom is 0.213 e. The molecule has 2 fully saturated rings. The fourth-order valence-electron chi connectivity index (χ4n) is 2.49. The van der Waals surface area contributed by atoms with Crippen molar-refractivity contribution >= 4 is 22.4 Å². The summed E-state index contributed by atoms with van der Waals surface area (Å²) in [6.07, 6.45) is 0.985. The van der Waals surface area contributed by atoms with Crippen molar-refractivity contribution in [3.8, 4) is 0 Å². The average Bonchev–Trinajstić information content (AvgIpc) is 2.80. The van der Waals surface area contributed by atoms with Crippen molar-refractivity contribution in [2.24, 2.45) is 0 Å². The predicted octanol–water partition coefficient (Wildman–Crippen LogP) is -0.263. The van der Waals surface area contributed by atoms with Gasteiger partial charge in [0.15, 0.2) is 0 Å². The maximum absolute atomic E-state index is 11.7. The van der Waals surface area contributed by atoms with Crippen LogP contribution in [0.1, 0.15) is 13.3 Å². The van der Waals surface area contributed by atoms with E-state index in [2.05, 4.69) is 10.2 Å². The molecular weight excluding hydrogens is 262 g/mol. The van der Waals surface area contributed by atoms with Gasteiger partial charge in [-0.15, -0.1) is 12.4 Å². The monoisotopic (exact) mass is 283 g/mol. The van der Waals surface area contributed by atoms with E-state index in [1.54, 1.807) is 11.2 Å². The molecule has 0 bridgehead atoms. The van der Waals surface area contributed by atoms with Gasteiger partial charge in [-0.3, -0.25) is 4.90 Å². The first-order chi connectivity index (χ1) is 7.63. The van der Waals surface area contributed by atoms with E-state index >= 15 is 0 Å². The van der Waals surface area contributed by atoms with Crippen LogP contribution in [0.15, 0.2) is 0 Å². The minimum Gasteiger partial charge on any atom is -0.314 e. The molecule has 0 aromatic carbocycles. The molecule has 5 nitrogen and oxygen atoms in total. The Kier molecular flexibility index (Phi) is 5.66. The van der Waals surface area contributed by atoms with E-state index in [0.717, 1.165) is 32.6 Å². The van der Waals surface area contributed by atoms with Crippen molar-refractivity contribution in [2.45, 2.75) is 19.4 Å². The summed E-state index contributed by atoms with van der Waals surface area (Å²) in [5.74, 6) is 0.223. The van der Waals surface area contributed by atoms with E-state index in [1.807, 2.05) is 0 Å². The third-order valence-corrected chi connectivity index (χ3v) is 5.40. The van der Waals surface area contributed by atoms with Gasteiger partial charge < -0.3 is 5.32 Å². The molecule has 0 radical (unpaired) electrons. The van der Waals surface area contributed by atoms with E-state index in [9.17, 15) is 8.42 Å². The first kappa shape index (κ1) is 15.2. The molecule has 1 unspecified atom stereocenters. The van der Waals surface area contributed by atoms with Gasteiger partial charge in [-0.2, -0.15) is 0 Å². The molecule has 2 rings (SSSR count). The van der Waals surface area contributed by atoms with Crippen molar-refractivity contribution in [1.82, 2.24) is 14.5 Å². The van der Waals surface area contributed by atoms with Crippen LogP contribution in [0.2, 0.25) is 0 Å². The van der Waals surface area contributed by atoms with Crippen LogP contribution in [0.4, 0.5) is 0 Å². The molecule has 0 amide bonds. The van der Waals surface area contributed by atoms with E-state index in [-0.39, 0.29) is 18.2 Å². The Labute approximate surface area is 110 Å². The van der Waals surface area contributed by atoms with Crippen LogP contribution in [0.5, 0.6) is 0 Å². The molecule has 0 aromatic heterocycles. The van der Waals surface area contributed by atoms with Crippen LogP contribution in [0, 0.1) is 0 Å². The van der Waals surface area contributed by atoms with Crippen LogP contribution >= 0.6 is 12.4 Å². The molecule has 102 valence electrons. The number of halogens is 1. The van der Waals surface area contributed by atoms with Gasteiger partial charge in [0, 0.05) is 45.3 Å². The number of hydrogen-bond acceptors (Lipinski definition) is 4. The summed E-state index contributed by atoms with van der Waals surface area (Å²) in [6.45, 7) is 7.25. The number of piperazine rings is 1. The second-order valence-electron chi connectivity index (χ2n) is 4.49. The molecule has 2 saturated heterocycles.